The van der Waals surface area contributed by atoms with Crippen LogP contribution >= 0.6 is 11.3 Å². The smallest absolute Gasteiger partial charge is 0.208 e. The number of thiophene rings is 1. The zero-order valence-corrected chi connectivity index (χ0v) is 12.4. The minimum atomic E-state index is -3.49. The van der Waals surface area contributed by atoms with Crippen LogP contribution in [0.4, 0.5) is 0 Å². The first kappa shape index (κ1) is 15.2. The van der Waals surface area contributed by atoms with Gasteiger partial charge in [-0.3, -0.25) is 0 Å². The van der Waals surface area contributed by atoms with E-state index in [-0.39, 0.29) is 10.3 Å². The van der Waals surface area contributed by atoms with Crippen LogP contribution in [0.25, 0.3) is 0 Å². The van der Waals surface area contributed by atoms with E-state index in [2.05, 4.69) is 18.6 Å². The molecule has 2 atom stereocenters. The highest BCUT2D eigenvalue weighted by atomic mass is 32.2. The summed E-state index contributed by atoms with van der Waals surface area (Å²) in [7, 11) is -3.49. The summed E-state index contributed by atoms with van der Waals surface area (Å²) >= 11 is 0.995. The van der Waals surface area contributed by atoms with E-state index < -0.39 is 10.0 Å². The third-order valence-corrected chi connectivity index (χ3v) is 5.84. The second-order valence-electron chi connectivity index (χ2n) is 4.50. The summed E-state index contributed by atoms with van der Waals surface area (Å²) in [6.07, 6.45) is 1.84. The van der Waals surface area contributed by atoms with Crippen molar-refractivity contribution < 1.29 is 8.42 Å². The molecule has 6 heteroatoms. The van der Waals surface area contributed by atoms with E-state index in [9.17, 15) is 8.42 Å². The normalized spacial score (nSPS) is 15.0. The van der Waals surface area contributed by atoms with Crippen molar-refractivity contribution in [2.24, 2.45) is 5.92 Å². The summed E-state index contributed by atoms with van der Waals surface area (Å²) in [5.41, 5.74) is 0. The lowest BCUT2D eigenvalue weighted by atomic mass is 10.0. The molecule has 0 aromatic carbocycles. The summed E-state index contributed by atoms with van der Waals surface area (Å²) in [5, 5.41) is 8.69. The predicted molar refractivity (Wildman–Crippen MR) is 72.9 cm³/mol. The fourth-order valence-electron chi connectivity index (χ4n) is 1.67. The van der Waals surface area contributed by atoms with Crippen molar-refractivity contribution in [1.29, 1.82) is 5.26 Å². The van der Waals surface area contributed by atoms with Crippen LogP contribution in [0, 0.1) is 17.2 Å². The Hall–Kier alpha value is -0.900. The van der Waals surface area contributed by atoms with Gasteiger partial charge in [-0.05, 0) is 31.4 Å². The highest BCUT2D eigenvalue weighted by molar-refractivity contribution is 7.91. The van der Waals surface area contributed by atoms with Gasteiger partial charge in [0, 0.05) is 6.04 Å². The van der Waals surface area contributed by atoms with Crippen molar-refractivity contribution in [3.8, 4) is 6.07 Å². The van der Waals surface area contributed by atoms with Gasteiger partial charge in [-0.1, -0.05) is 20.3 Å². The van der Waals surface area contributed by atoms with Gasteiger partial charge in [-0.2, -0.15) is 5.26 Å². The van der Waals surface area contributed by atoms with Crippen molar-refractivity contribution in [2.45, 2.75) is 43.9 Å². The van der Waals surface area contributed by atoms with E-state index in [1.807, 2.05) is 13.0 Å². The molecule has 1 aromatic rings. The molecule has 4 nitrogen and oxygen atoms in total. The molecule has 100 valence electrons. The summed E-state index contributed by atoms with van der Waals surface area (Å²) in [6.45, 7) is 6.05. The fourth-order valence-corrected chi connectivity index (χ4v) is 4.04. The molecule has 0 saturated carbocycles. The Labute approximate surface area is 113 Å². The number of hydrogen-bond acceptors (Lipinski definition) is 4. The molecule has 1 aromatic heterocycles. The van der Waals surface area contributed by atoms with Gasteiger partial charge < -0.3 is 0 Å². The van der Waals surface area contributed by atoms with Gasteiger partial charge in [-0.15, -0.1) is 11.3 Å². The van der Waals surface area contributed by atoms with Gasteiger partial charge in [0.05, 0.1) is 0 Å². The van der Waals surface area contributed by atoms with Crippen LogP contribution in [-0.2, 0) is 10.0 Å². The Morgan fingerprint density at radius 3 is 2.61 bits per heavy atom. The molecule has 0 fully saturated rings. The maximum atomic E-state index is 12.0. The van der Waals surface area contributed by atoms with E-state index in [1.54, 1.807) is 0 Å². The number of nitrogens with one attached hydrogen (secondary N) is 1. The monoisotopic (exact) mass is 286 g/mol. The minimum absolute atomic E-state index is 0.0995. The van der Waals surface area contributed by atoms with Gasteiger partial charge >= 0.3 is 0 Å². The number of nitrogens with zero attached hydrogens (tertiary/aromatic N) is 1. The maximum absolute atomic E-state index is 12.0. The van der Waals surface area contributed by atoms with Crippen LogP contribution in [0.2, 0.25) is 0 Å². The molecule has 0 saturated heterocycles. The van der Waals surface area contributed by atoms with Crippen molar-refractivity contribution in [3.05, 3.63) is 17.0 Å². The highest BCUT2D eigenvalue weighted by Crippen LogP contribution is 2.21. The van der Waals surface area contributed by atoms with E-state index >= 15 is 0 Å². The molecule has 0 amide bonds. The second-order valence-corrected chi connectivity index (χ2v) is 7.53. The molecule has 0 aliphatic carbocycles. The number of hydrogen-bond donors (Lipinski definition) is 1. The molecule has 0 spiro atoms. The van der Waals surface area contributed by atoms with Crippen molar-refractivity contribution >= 4 is 21.4 Å². The van der Waals surface area contributed by atoms with Gasteiger partial charge in [-0.25, -0.2) is 13.1 Å². The SMILES string of the molecule is CCC(C)CC(C)NS(=O)(=O)c1ccc(C#N)s1. The average Bonchev–Trinajstić information content (AvgIpc) is 2.77. The molecular formula is C12H18N2O2S2. The van der Waals surface area contributed by atoms with Crippen molar-refractivity contribution in [3.63, 3.8) is 0 Å². The quantitative estimate of drug-likeness (QED) is 0.874. The van der Waals surface area contributed by atoms with Crippen LogP contribution < -0.4 is 4.72 Å². The van der Waals surface area contributed by atoms with E-state index in [0.29, 0.717) is 10.8 Å². The molecular weight excluding hydrogens is 268 g/mol. The van der Waals surface area contributed by atoms with E-state index in [1.165, 1.54) is 12.1 Å². The molecule has 1 N–H and O–H groups in total. The molecule has 1 heterocycles. The van der Waals surface area contributed by atoms with Crippen LogP contribution in [-0.4, -0.2) is 14.5 Å². The van der Waals surface area contributed by atoms with Crippen LogP contribution in [0.15, 0.2) is 16.3 Å². The fraction of sp³-hybridized carbons (Fsp3) is 0.583. The molecule has 0 aliphatic heterocycles. The summed E-state index contributed by atoms with van der Waals surface area (Å²) in [5.74, 6) is 0.487. The Morgan fingerprint density at radius 1 is 1.44 bits per heavy atom. The zero-order chi connectivity index (χ0) is 13.8. The molecule has 2 unspecified atom stereocenters. The topological polar surface area (TPSA) is 70.0 Å². The molecule has 0 bridgehead atoms. The molecule has 1 rings (SSSR count). The van der Waals surface area contributed by atoms with E-state index in [4.69, 9.17) is 5.26 Å². The van der Waals surface area contributed by atoms with Gasteiger partial charge in [0.25, 0.3) is 0 Å². The Bertz CT molecular complexity index is 529. The van der Waals surface area contributed by atoms with Gasteiger partial charge in [0.15, 0.2) is 0 Å². The van der Waals surface area contributed by atoms with Crippen LogP contribution in [0.5, 0.6) is 0 Å². The number of nitriles is 1. The Kier molecular flexibility index (Phi) is 5.32. The molecule has 0 radical (unpaired) electrons. The van der Waals surface area contributed by atoms with Crippen LogP contribution in [0.3, 0.4) is 0 Å². The lowest BCUT2D eigenvalue weighted by molar-refractivity contribution is 0.446. The summed E-state index contributed by atoms with van der Waals surface area (Å²) < 4.78 is 26.9. The molecule has 0 aliphatic rings. The summed E-state index contributed by atoms with van der Waals surface area (Å²) in [6, 6.07) is 4.84. The average molecular weight is 286 g/mol. The van der Waals surface area contributed by atoms with E-state index in [0.717, 1.165) is 24.2 Å². The van der Waals surface area contributed by atoms with Gasteiger partial charge in [0.1, 0.15) is 15.2 Å². The Balaban J connectivity index is 2.73. The summed E-state index contributed by atoms with van der Waals surface area (Å²) in [4.78, 5) is 0.407. The lowest BCUT2D eigenvalue weighted by Gasteiger charge is -2.16. The second kappa shape index (κ2) is 6.32. The number of sulfonamides is 1. The third-order valence-electron chi connectivity index (χ3n) is 2.77. The molecule has 18 heavy (non-hydrogen) atoms. The first-order chi connectivity index (χ1) is 8.39. The van der Waals surface area contributed by atoms with Crippen molar-refractivity contribution in [2.75, 3.05) is 0 Å². The largest absolute Gasteiger partial charge is 0.250 e. The lowest BCUT2D eigenvalue weighted by Crippen LogP contribution is -2.33. The standard InChI is InChI=1S/C12H18N2O2S2/c1-4-9(2)7-10(3)14-18(15,16)12-6-5-11(8-13)17-12/h5-6,9-10,14H,4,7H2,1-3H3. The van der Waals surface area contributed by atoms with Crippen LogP contribution in [0.1, 0.15) is 38.5 Å². The third kappa shape index (κ3) is 4.09. The maximum Gasteiger partial charge on any atom is 0.250 e. The Morgan fingerprint density at radius 2 is 2.11 bits per heavy atom. The van der Waals surface area contributed by atoms with Crippen molar-refractivity contribution in [1.82, 2.24) is 4.72 Å². The first-order valence-corrected chi connectivity index (χ1v) is 8.21. The minimum Gasteiger partial charge on any atom is -0.208 e. The first-order valence-electron chi connectivity index (χ1n) is 5.91. The highest BCUT2D eigenvalue weighted by Gasteiger charge is 2.20. The van der Waals surface area contributed by atoms with Gasteiger partial charge in [0.2, 0.25) is 10.0 Å². The number of rotatable bonds is 6. The predicted octanol–water partition coefficient (Wildman–Crippen LogP) is 2.72. The zero-order valence-electron chi connectivity index (χ0n) is 10.8.